The second-order valence-electron chi connectivity index (χ2n) is 3.20. The van der Waals surface area contributed by atoms with Gasteiger partial charge in [0.05, 0.1) is 0 Å². The van der Waals surface area contributed by atoms with Gasteiger partial charge in [-0.15, -0.1) is 0 Å². The van der Waals surface area contributed by atoms with E-state index >= 15 is 0 Å². The van der Waals surface area contributed by atoms with Gasteiger partial charge in [0.25, 0.3) is 0 Å². The first kappa shape index (κ1) is 10.7. The van der Waals surface area contributed by atoms with Crippen molar-refractivity contribution < 1.29 is 4.79 Å². The standard InChI is InChI=1S/C11H16N2O/c1-12-11(8-13-9-14)7-10-5-3-2-4-6-10/h2-6,9,11-12H,7-8H2,1H3,(H,13,14)/t11-/m0/s1. The van der Waals surface area contributed by atoms with E-state index in [2.05, 4.69) is 22.8 Å². The second kappa shape index (κ2) is 6.16. The maximum Gasteiger partial charge on any atom is 0.207 e. The molecule has 3 nitrogen and oxygen atoms in total. The molecule has 0 aliphatic rings. The fourth-order valence-corrected chi connectivity index (χ4v) is 1.37. The summed E-state index contributed by atoms with van der Waals surface area (Å²) in [6.45, 7) is 0.662. The monoisotopic (exact) mass is 192 g/mol. The first-order valence-electron chi connectivity index (χ1n) is 4.75. The van der Waals surface area contributed by atoms with Crippen molar-refractivity contribution in [1.82, 2.24) is 10.6 Å². The Morgan fingerprint density at radius 1 is 1.36 bits per heavy atom. The highest BCUT2D eigenvalue weighted by atomic mass is 16.1. The number of benzene rings is 1. The molecule has 0 fully saturated rings. The summed E-state index contributed by atoms with van der Waals surface area (Å²) in [4.78, 5) is 10.1. The zero-order chi connectivity index (χ0) is 10.2. The van der Waals surface area contributed by atoms with Gasteiger partial charge < -0.3 is 10.6 Å². The minimum Gasteiger partial charge on any atom is -0.357 e. The first-order chi connectivity index (χ1) is 6.86. The molecule has 0 aliphatic carbocycles. The minimum atomic E-state index is 0.294. The van der Waals surface area contributed by atoms with Crippen LogP contribution in [0, 0.1) is 0 Å². The average molecular weight is 192 g/mol. The van der Waals surface area contributed by atoms with Crippen LogP contribution in [-0.2, 0) is 11.2 Å². The Hall–Kier alpha value is -1.35. The van der Waals surface area contributed by atoms with E-state index < -0.39 is 0 Å². The van der Waals surface area contributed by atoms with Crippen molar-refractivity contribution in [2.45, 2.75) is 12.5 Å². The average Bonchev–Trinajstić information content (AvgIpc) is 2.25. The molecule has 0 aromatic heterocycles. The van der Waals surface area contributed by atoms with Crippen LogP contribution in [0.25, 0.3) is 0 Å². The van der Waals surface area contributed by atoms with E-state index in [1.54, 1.807) is 0 Å². The molecule has 14 heavy (non-hydrogen) atoms. The molecule has 0 bridgehead atoms. The summed E-state index contributed by atoms with van der Waals surface area (Å²) in [6.07, 6.45) is 1.66. The van der Waals surface area contributed by atoms with E-state index in [0.29, 0.717) is 12.6 Å². The molecule has 1 aromatic carbocycles. The van der Waals surface area contributed by atoms with Gasteiger partial charge in [-0.3, -0.25) is 4.79 Å². The number of amides is 1. The number of likely N-dealkylation sites (N-methyl/N-ethyl adjacent to an activating group) is 1. The van der Waals surface area contributed by atoms with Crippen LogP contribution in [0.3, 0.4) is 0 Å². The van der Waals surface area contributed by atoms with Gasteiger partial charge in [-0.05, 0) is 19.0 Å². The summed E-state index contributed by atoms with van der Waals surface area (Å²) >= 11 is 0. The lowest BCUT2D eigenvalue weighted by atomic mass is 10.1. The lowest BCUT2D eigenvalue weighted by Gasteiger charge is -2.15. The Morgan fingerprint density at radius 3 is 2.64 bits per heavy atom. The molecule has 0 aliphatic heterocycles. The van der Waals surface area contributed by atoms with Crippen LogP contribution in [0.15, 0.2) is 30.3 Å². The highest BCUT2D eigenvalue weighted by molar-refractivity contribution is 5.45. The SMILES string of the molecule is CN[C@H](CNC=O)Cc1ccccc1. The largest absolute Gasteiger partial charge is 0.357 e. The number of carbonyl (C=O) groups is 1. The van der Waals surface area contributed by atoms with E-state index in [9.17, 15) is 4.79 Å². The van der Waals surface area contributed by atoms with Crippen molar-refractivity contribution in [3.63, 3.8) is 0 Å². The molecule has 1 amide bonds. The van der Waals surface area contributed by atoms with Gasteiger partial charge in [0.1, 0.15) is 0 Å². The van der Waals surface area contributed by atoms with Crippen molar-refractivity contribution in [3.8, 4) is 0 Å². The molecule has 1 rings (SSSR count). The fourth-order valence-electron chi connectivity index (χ4n) is 1.37. The predicted molar refractivity (Wildman–Crippen MR) is 57.1 cm³/mol. The van der Waals surface area contributed by atoms with Crippen LogP contribution in [0.4, 0.5) is 0 Å². The third-order valence-electron chi connectivity index (χ3n) is 2.18. The summed E-state index contributed by atoms with van der Waals surface area (Å²) in [5.74, 6) is 0. The van der Waals surface area contributed by atoms with Crippen molar-refractivity contribution in [2.75, 3.05) is 13.6 Å². The van der Waals surface area contributed by atoms with Gasteiger partial charge in [-0.25, -0.2) is 0 Å². The summed E-state index contributed by atoms with van der Waals surface area (Å²) in [7, 11) is 1.90. The number of hydrogen-bond donors (Lipinski definition) is 2. The molecular formula is C11H16N2O. The summed E-state index contributed by atoms with van der Waals surface area (Å²) in [5, 5.41) is 5.84. The molecule has 2 N–H and O–H groups in total. The maximum absolute atomic E-state index is 10.1. The molecule has 0 spiro atoms. The number of carbonyl (C=O) groups excluding carboxylic acids is 1. The van der Waals surface area contributed by atoms with Gasteiger partial charge in [-0.1, -0.05) is 30.3 Å². The molecule has 76 valence electrons. The molecule has 3 heteroatoms. The van der Waals surface area contributed by atoms with E-state index in [-0.39, 0.29) is 0 Å². The number of hydrogen-bond acceptors (Lipinski definition) is 2. The summed E-state index contributed by atoms with van der Waals surface area (Å²) in [5.41, 5.74) is 1.28. The third kappa shape index (κ3) is 3.58. The Kier molecular flexibility index (Phi) is 4.72. The van der Waals surface area contributed by atoms with Gasteiger partial charge in [0, 0.05) is 12.6 Å². The highest BCUT2D eigenvalue weighted by Crippen LogP contribution is 2.01. The van der Waals surface area contributed by atoms with Gasteiger partial charge >= 0.3 is 0 Å². The Labute approximate surface area is 84.5 Å². The quantitative estimate of drug-likeness (QED) is 0.647. The van der Waals surface area contributed by atoms with E-state index in [0.717, 1.165) is 12.8 Å². The van der Waals surface area contributed by atoms with E-state index in [1.165, 1.54) is 5.56 Å². The van der Waals surface area contributed by atoms with Crippen molar-refractivity contribution in [3.05, 3.63) is 35.9 Å². The van der Waals surface area contributed by atoms with E-state index in [4.69, 9.17) is 0 Å². The number of rotatable bonds is 6. The van der Waals surface area contributed by atoms with Crippen LogP contribution in [0.5, 0.6) is 0 Å². The molecule has 1 aromatic rings. The van der Waals surface area contributed by atoms with Gasteiger partial charge in [0.2, 0.25) is 6.41 Å². The molecular weight excluding hydrogens is 176 g/mol. The zero-order valence-electron chi connectivity index (χ0n) is 8.36. The van der Waals surface area contributed by atoms with Crippen LogP contribution in [-0.4, -0.2) is 26.0 Å². The van der Waals surface area contributed by atoms with Gasteiger partial charge in [0.15, 0.2) is 0 Å². The van der Waals surface area contributed by atoms with E-state index in [1.807, 2.05) is 25.2 Å². The van der Waals surface area contributed by atoms with Crippen LogP contribution < -0.4 is 10.6 Å². The fraction of sp³-hybridized carbons (Fsp3) is 0.364. The highest BCUT2D eigenvalue weighted by Gasteiger charge is 2.05. The van der Waals surface area contributed by atoms with Gasteiger partial charge in [-0.2, -0.15) is 0 Å². The first-order valence-corrected chi connectivity index (χ1v) is 4.75. The number of nitrogens with one attached hydrogen (secondary N) is 2. The lowest BCUT2D eigenvalue weighted by Crippen LogP contribution is -2.37. The molecule has 0 radical (unpaired) electrons. The van der Waals surface area contributed by atoms with Crippen LogP contribution in [0.1, 0.15) is 5.56 Å². The zero-order valence-corrected chi connectivity index (χ0v) is 8.36. The topological polar surface area (TPSA) is 41.1 Å². The van der Waals surface area contributed by atoms with Crippen LogP contribution >= 0.6 is 0 Å². The Balaban J connectivity index is 2.44. The minimum absolute atomic E-state index is 0.294. The third-order valence-corrected chi connectivity index (χ3v) is 2.18. The Bertz CT molecular complexity index is 261. The van der Waals surface area contributed by atoms with Crippen molar-refractivity contribution in [2.24, 2.45) is 0 Å². The summed E-state index contributed by atoms with van der Waals surface area (Å²) in [6, 6.07) is 10.5. The molecule has 0 unspecified atom stereocenters. The maximum atomic E-state index is 10.1. The second-order valence-corrected chi connectivity index (χ2v) is 3.20. The summed E-state index contributed by atoms with van der Waals surface area (Å²) < 4.78 is 0. The lowest BCUT2D eigenvalue weighted by molar-refractivity contribution is -0.109. The van der Waals surface area contributed by atoms with Crippen molar-refractivity contribution in [1.29, 1.82) is 0 Å². The molecule has 0 heterocycles. The van der Waals surface area contributed by atoms with Crippen molar-refractivity contribution >= 4 is 6.41 Å². The van der Waals surface area contributed by atoms with Crippen LogP contribution in [0.2, 0.25) is 0 Å². The molecule has 0 saturated carbocycles. The smallest absolute Gasteiger partial charge is 0.207 e. The predicted octanol–water partition coefficient (Wildman–Crippen LogP) is 0.563. The molecule has 0 saturated heterocycles. The molecule has 1 atom stereocenters. The normalized spacial score (nSPS) is 12.1. The Morgan fingerprint density at radius 2 is 2.07 bits per heavy atom.